The van der Waals surface area contributed by atoms with Crippen LogP contribution < -0.4 is 10.7 Å². The van der Waals surface area contributed by atoms with Crippen molar-refractivity contribution in [3.8, 4) is 11.3 Å². The number of carbonyl (C=O) groups excluding carboxylic acids is 1. The van der Waals surface area contributed by atoms with Crippen LogP contribution in [0.25, 0.3) is 33.3 Å². The number of amides is 1. The van der Waals surface area contributed by atoms with E-state index in [2.05, 4.69) is 15.4 Å². The third-order valence-corrected chi connectivity index (χ3v) is 5.32. The predicted octanol–water partition coefficient (Wildman–Crippen LogP) is 4.22. The summed E-state index contributed by atoms with van der Waals surface area (Å²) in [4.78, 5) is 29.8. The maximum absolute atomic E-state index is 12.5. The summed E-state index contributed by atoms with van der Waals surface area (Å²) in [6.07, 6.45) is 4.01. The molecular weight excluding hydrogens is 400 g/mol. The zero-order valence-electron chi connectivity index (χ0n) is 15.5. The van der Waals surface area contributed by atoms with Crippen molar-refractivity contribution in [2.75, 3.05) is 5.32 Å². The van der Waals surface area contributed by atoms with Crippen LogP contribution in [0.15, 0.2) is 81.5 Å². The Balaban J connectivity index is 1.37. The summed E-state index contributed by atoms with van der Waals surface area (Å²) >= 11 is 1.44. The van der Waals surface area contributed by atoms with Gasteiger partial charge in [0, 0.05) is 17.0 Å². The average molecular weight is 414 g/mol. The lowest BCUT2D eigenvalue weighted by molar-refractivity contribution is -0.111. The standard InChI is InChI=1S/C22H14N4O3S/c27-19(11-10-15-12-29-18-9-5-4-8-16(18)20(15)28)23-21-24-22-26(25-21)17(13-30-22)14-6-2-1-3-7-14/h1-13H,(H,23,25,27)/b11-10+. The summed E-state index contributed by atoms with van der Waals surface area (Å²) in [5, 5.41) is 9.43. The van der Waals surface area contributed by atoms with Crippen molar-refractivity contribution in [2.45, 2.75) is 0 Å². The molecular formula is C22H14N4O3S. The van der Waals surface area contributed by atoms with Gasteiger partial charge in [0.05, 0.1) is 16.6 Å². The molecule has 0 radical (unpaired) electrons. The fourth-order valence-electron chi connectivity index (χ4n) is 3.07. The van der Waals surface area contributed by atoms with Crippen LogP contribution in [-0.4, -0.2) is 20.5 Å². The Hall–Kier alpha value is -4.04. The Bertz CT molecular complexity index is 1460. The van der Waals surface area contributed by atoms with Crippen molar-refractivity contribution in [3.63, 3.8) is 0 Å². The van der Waals surface area contributed by atoms with E-state index in [1.165, 1.54) is 29.8 Å². The molecule has 0 bridgehead atoms. The number of hydrogen-bond donors (Lipinski definition) is 1. The van der Waals surface area contributed by atoms with E-state index in [0.29, 0.717) is 15.9 Å². The lowest BCUT2D eigenvalue weighted by atomic mass is 10.1. The van der Waals surface area contributed by atoms with E-state index in [-0.39, 0.29) is 16.9 Å². The van der Waals surface area contributed by atoms with Gasteiger partial charge in [0.15, 0.2) is 5.43 Å². The number of fused-ring (bicyclic) bond motifs is 2. The van der Waals surface area contributed by atoms with Crippen LogP contribution in [-0.2, 0) is 4.79 Å². The van der Waals surface area contributed by atoms with E-state index in [1.807, 2.05) is 35.7 Å². The molecule has 7 nitrogen and oxygen atoms in total. The highest BCUT2D eigenvalue weighted by molar-refractivity contribution is 7.15. The molecule has 5 rings (SSSR count). The molecule has 8 heteroatoms. The van der Waals surface area contributed by atoms with Crippen molar-refractivity contribution in [1.82, 2.24) is 14.6 Å². The van der Waals surface area contributed by atoms with Crippen LogP contribution in [0.5, 0.6) is 0 Å². The summed E-state index contributed by atoms with van der Waals surface area (Å²) in [5.41, 5.74) is 2.49. The minimum Gasteiger partial charge on any atom is -0.463 e. The van der Waals surface area contributed by atoms with E-state index in [0.717, 1.165) is 11.3 Å². The summed E-state index contributed by atoms with van der Waals surface area (Å²) < 4.78 is 7.14. The van der Waals surface area contributed by atoms with Crippen molar-refractivity contribution in [1.29, 1.82) is 0 Å². The monoisotopic (exact) mass is 414 g/mol. The van der Waals surface area contributed by atoms with Gasteiger partial charge in [-0.25, -0.2) is 4.52 Å². The third-order valence-electron chi connectivity index (χ3n) is 4.51. The Morgan fingerprint density at radius 2 is 1.90 bits per heavy atom. The molecule has 0 atom stereocenters. The molecule has 0 aliphatic heterocycles. The second-order valence-corrected chi connectivity index (χ2v) is 7.29. The first-order valence-corrected chi connectivity index (χ1v) is 9.96. The van der Waals surface area contributed by atoms with Crippen molar-refractivity contribution in [3.05, 3.63) is 88.1 Å². The van der Waals surface area contributed by atoms with E-state index in [1.54, 1.807) is 28.8 Å². The van der Waals surface area contributed by atoms with Gasteiger partial charge in [0.1, 0.15) is 11.8 Å². The summed E-state index contributed by atoms with van der Waals surface area (Å²) in [5.74, 6) is -0.249. The molecule has 30 heavy (non-hydrogen) atoms. The zero-order chi connectivity index (χ0) is 20.5. The second-order valence-electron chi connectivity index (χ2n) is 6.46. The molecule has 146 valence electrons. The highest BCUT2D eigenvalue weighted by Crippen LogP contribution is 2.25. The SMILES string of the molecule is O=C(/C=C/c1coc2ccccc2c1=O)Nc1nc2scc(-c3ccccc3)n2n1. The molecule has 0 spiro atoms. The van der Waals surface area contributed by atoms with Gasteiger partial charge in [-0.1, -0.05) is 42.5 Å². The lowest BCUT2D eigenvalue weighted by Crippen LogP contribution is -2.10. The van der Waals surface area contributed by atoms with Gasteiger partial charge >= 0.3 is 0 Å². The van der Waals surface area contributed by atoms with Crippen molar-refractivity contribution >= 4 is 45.2 Å². The average Bonchev–Trinajstić information content (AvgIpc) is 3.34. The number of aromatic nitrogens is 3. The van der Waals surface area contributed by atoms with Crippen LogP contribution in [0.4, 0.5) is 5.95 Å². The first-order valence-electron chi connectivity index (χ1n) is 9.08. The van der Waals surface area contributed by atoms with E-state index in [4.69, 9.17) is 4.42 Å². The molecule has 0 saturated heterocycles. The number of rotatable bonds is 4. The largest absolute Gasteiger partial charge is 0.463 e. The molecule has 0 fully saturated rings. The topological polar surface area (TPSA) is 89.5 Å². The first-order chi connectivity index (χ1) is 14.7. The number of carbonyl (C=O) groups is 1. The number of thiazole rings is 1. The Morgan fingerprint density at radius 3 is 2.77 bits per heavy atom. The summed E-state index contributed by atoms with van der Waals surface area (Å²) in [6.45, 7) is 0. The highest BCUT2D eigenvalue weighted by atomic mass is 32.1. The predicted molar refractivity (Wildman–Crippen MR) is 116 cm³/mol. The molecule has 5 aromatic rings. The smallest absolute Gasteiger partial charge is 0.250 e. The number of para-hydroxylation sites is 1. The normalized spacial score (nSPS) is 11.5. The maximum Gasteiger partial charge on any atom is 0.250 e. The van der Waals surface area contributed by atoms with Crippen molar-refractivity contribution in [2.24, 2.45) is 0 Å². The number of anilines is 1. The van der Waals surface area contributed by atoms with Gasteiger partial charge in [0.25, 0.3) is 11.9 Å². The zero-order valence-corrected chi connectivity index (χ0v) is 16.3. The Labute approximate surface area is 173 Å². The number of nitrogens with zero attached hydrogens (tertiary/aromatic N) is 3. The first kappa shape index (κ1) is 18.0. The molecule has 0 aliphatic rings. The second kappa shape index (κ2) is 7.41. The number of hydrogen-bond acceptors (Lipinski definition) is 6. The highest BCUT2D eigenvalue weighted by Gasteiger charge is 2.12. The van der Waals surface area contributed by atoms with E-state index >= 15 is 0 Å². The van der Waals surface area contributed by atoms with Crippen LogP contribution in [0, 0.1) is 0 Å². The van der Waals surface area contributed by atoms with Gasteiger partial charge in [0.2, 0.25) is 4.96 Å². The molecule has 0 aliphatic carbocycles. The molecule has 0 unspecified atom stereocenters. The summed E-state index contributed by atoms with van der Waals surface area (Å²) in [6, 6.07) is 16.8. The lowest BCUT2D eigenvalue weighted by Gasteiger charge is -1.98. The fourth-order valence-corrected chi connectivity index (χ4v) is 3.90. The van der Waals surface area contributed by atoms with Gasteiger partial charge in [-0.3, -0.25) is 14.9 Å². The van der Waals surface area contributed by atoms with E-state index in [9.17, 15) is 9.59 Å². The number of nitrogens with one attached hydrogen (secondary N) is 1. The van der Waals surface area contributed by atoms with Crippen molar-refractivity contribution < 1.29 is 9.21 Å². The van der Waals surface area contributed by atoms with Crippen LogP contribution in [0.3, 0.4) is 0 Å². The fraction of sp³-hybridized carbons (Fsp3) is 0. The molecule has 2 aromatic carbocycles. The molecule has 1 amide bonds. The van der Waals surface area contributed by atoms with Gasteiger partial charge in [-0.15, -0.1) is 16.4 Å². The Kier molecular flexibility index (Phi) is 4.45. The maximum atomic E-state index is 12.5. The van der Waals surface area contributed by atoms with Gasteiger partial charge in [-0.2, -0.15) is 4.98 Å². The molecule has 3 aromatic heterocycles. The van der Waals surface area contributed by atoms with Gasteiger partial charge < -0.3 is 4.42 Å². The quantitative estimate of drug-likeness (QED) is 0.445. The molecule has 3 heterocycles. The number of benzene rings is 2. The third kappa shape index (κ3) is 3.29. The van der Waals surface area contributed by atoms with Gasteiger partial charge in [-0.05, 0) is 18.2 Å². The minimum absolute atomic E-state index is 0.194. The van der Waals surface area contributed by atoms with Crippen LogP contribution in [0.1, 0.15) is 5.56 Å². The minimum atomic E-state index is -0.443. The summed E-state index contributed by atoms with van der Waals surface area (Å²) in [7, 11) is 0. The Morgan fingerprint density at radius 1 is 1.10 bits per heavy atom. The molecule has 0 saturated carbocycles. The van der Waals surface area contributed by atoms with Crippen LogP contribution in [0.2, 0.25) is 0 Å². The van der Waals surface area contributed by atoms with Crippen LogP contribution >= 0.6 is 11.3 Å². The van der Waals surface area contributed by atoms with E-state index < -0.39 is 5.91 Å². The molecule has 1 N–H and O–H groups in total.